The largest absolute Gasteiger partial charge is 0.322 e. The van der Waals surface area contributed by atoms with E-state index in [4.69, 9.17) is 0 Å². The summed E-state index contributed by atoms with van der Waals surface area (Å²) in [7, 11) is -3.28. The van der Waals surface area contributed by atoms with Crippen molar-refractivity contribution in [3.8, 4) is 0 Å². The van der Waals surface area contributed by atoms with Crippen molar-refractivity contribution in [1.82, 2.24) is 0 Å². The van der Waals surface area contributed by atoms with Crippen molar-refractivity contribution in [2.75, 3.05) is 21.9 Å². The smallest absolute Gasteiger partial charge is 0.255 e. The molecule has 1 aliphatic heterocycles. The lowest BCUT2D eigenvalue weighted by molar-refractivity contribution is 0.102. The molecule has 1 heterocycles. The van der Waals surface area contributed by atoms with Gasteiger partial charge in [-0.25, -0.2) is 8.42 Å². The van der Waals surface area contributed by atoms with Crippen LogP contribution < -0.4 is 9.62 Å². The maximum Gasteiger partial charge on any atom is 0.255 e. The molecule has 5 nitrogen and oxygen atoms in total. The summed E-state index contributed by atoms with van der Waals surface area (Å²) in [5, 5.41) is 2.87. The molecule has 0 bridgehead atoms. The third-order valence-electron chi connectivity index (χ3n) is 4.47. The normalized spacial score (nSPS) is 16.5. The maximum absolute atomic E-state index is 12.5. The van der Waals surface area contributed by atoms with Crippen LogP contribution in [0.5, 0.6) is 0 Å². The van der Waals surface area contributed by atoms with Gasteiger partial charge in [-0.15, -0.1) is 0 Å². The number of sulfonamides is 1. The standard InChI is InChI=1S/C19H22N2O3S/c1-14-7-3-4-8-17(14)19(22)20-16-10-9-15(2)18(13-16)21-11-5-6-12-25(21,23)24/h3-4,7-10,13H,5-6,11-12H2,1-2H3,(H,20,22). The molecular formula is C19H22N2O3S. The third kappa shape index (κ3) is 3.69. The molecule has 0 radical (unpaired) electrons. The molecule has 2 aromatic rings. The highest BCUT2D eigenvalue weighted by Crippen LogP contribution is 2.29. The minimum Gasteiger partial charge on any atom is -0.322 e. The number of benzene rings is 2. The van der Waals surface area contributed by atoms with Gasteiger partial charge in [0.05, 0.1) is 11.4 Å². The van der Waals surface area contributed by atoms with Crippen molar-refractivity contribution in [3.63, 3.8) is 0 Å². The van der Waals surface area contributed by atoms with E-state index in [1.165, 1.54) is 4.31 Å². The van der Waals surface area contributed by atoms with Crippen molar-refractivity contribution >= 4 is 27.3 Å². The molecule has 1 saturated heterocycles. The Kier molecular flexibility index (Phi) is 4.81. The number of rotatable bonds is 3. The number of hydrogen-bond donors (Lipinski definition) is 1. The van der Waals surface area contributed by atoms with Gasteiger partial charge >= 0.3 is 0 Å². The van der Waals surface area contributed by atoms with Gasteiger partial charge in [-0.3, -0.25) is 9.10 Å². The van der Waals surface area contributed by atoms with E-state index in [0.29, 0.717) is 29.9 Å². The summed E-state index contributed by atoms with van der Waals surface area (Å²) in [5.74, 6) is -0.0268. The van der Waals surface area contributed by atoms with Crippen molar-refractivity contribution in [2.24, 2.45) is 0 Å². The fraction of sp³-hybridized carbons (Fsp3) is 0.316. The Hall–Kier alpha value is -2.34. The van der Waals surface area contributed by atoms with Gasteiger partial charge in [0.2, 0.25) is 10.0 Å². The molecule has 2 aromatic carbocycles. The molecule has 1 fully saturated rings. The van der Waals surface area contributed by atoms with Gasteiger partial charge in [0, 0.05) is 17.8 Å². The highest BCUT2D eigenvalue weighted by molar-refractivity contribution is 7.92. The molecular weight excluding hydrogens is 336 g/mol. The Bertz CT molecular complexity index is 907. The lowest BCUT2D eigenvalue weighted by atomic mass is 10.1. The van der Waals surface area contributed by atoms with Gasteiger partial charge in [0.15, 0.2) is 0 Å². The first-order valence-corrected chi connectivity index (χ1v) is 9.97. The van der Waals surface area contributed by atoms with Gasteiger partial charge in [-0.1, -0.05) is 24.3 Å². The van der Waals surface area contributed by atoms with Gasteiger partial charge in [0.1, 0.15) is 0 Å². The SMILES string of the molecule is Cc1ccccc1C(=O)Nc1ccc(C)c(N2CCCCS2(=O)=O)c1. The Morgan fingerprint density at radius 3 is 2.52 bits per heavy atom. The van der Waals surface area contributed by atoms with Crippen LogP contribution in [0.3, 0.4) is 0 Å². The van der Waals surface area contributed by atoms with E-state index < -0.39 is 10.0 Å². The molecule has 3 rings (SSSR count). The van der Waals surface area contributed by atoms with Crippen LogP contribution in [-0.2, 0) is 10.0 Å². The predicted octanol–water partition coefficient (Wildman–Crippen LogP) is 3.49. The molecule has 0 aromatic heterocycles. The molecule has 0 atom stereocenters. The number of amides is 1. The number of carbonyl (C=O) groups is 1. The van der Waals surface area contributed by atoms with E-state index >= 15 is 0 Å². The highest BCUT2D eigenvalue weighted by atomic mass is 32.2. The Morgan fingerprint density at radius 1 is 1.04 bits per heavy atom. The molecule has 1 N–H and O–H groups in total. The molecule has 6 heteroatoms. The zero-order valence-electron chi connectivity index (χ0n) is 14.5. The average molecular weight is 358 g/mol. The van der Waals surface area contributed by atoms with Crippen LogP contribution in [0.4, 0.5) is 11.4 Å². The molecule has 0 unspecified atom stereocenters. The number of nitrogens with one attached hydrogen (secondary N) is 1. The summed E-state index contributed by atoms with van der Waals surface area (Å²) < 4.78 is 26.2. The van der Waals surface area contributed by atoms with Gasteiger partial charge in [-0.2, -0.15) is 0 Å². The lowest BCUT2D eigenvalue weighted by Gasteiger charge is -2.29. The molecule has 1 aliphatic rings. The van der Waals surface area contributed by atoms with Crippen molar-refractivity contribution < 1.29 is 13.2 Å². The zero-order chi connectivity index (χ0) is 18.0. The van der Waals surface area contributed by atoms with Crippen LogP contribution in [0, 0.1) is 13.8 Å². The third-order valence-corrected chi connectivity index (χ3v) is 6.33. The first-order chi connectivity index (χ1) is 11.9. The van der Waals surface area contributed by atoms with Gasteiger partial charge in [-0.05, 0) is 56.0 Å². The van der Waals surface area contributed by atoms with Crippen LogP contribution in [0.25, 0.3) is 0 Å². The minimum absolute atomic E-state index is 0.173. The van der Waals surface area contributed by atoms with Crippen LogP contribution in [0.1, 0.15) is 34.3 Å². The lowest BCUT2D eigenvalue weighted by Crippen LogP contribution is -2.38. The molecule has 25 heavy (non-hydrogen) atoms. The van der Waals surface area contributed by atoms with E-state index in [0.717, 1.165) is 17.5 Å². The summed E-state index contributed by atoms with van der Waals surface area (Å²) >= 11 is 0. The minimum atomic E-state index is -3.28. The number of anilines is 2. The molecule has 0 spiro atoms. The maximum atomic E-state index is 12.5. The first kappa shape index (κ1) is 17.5. The molecule has 1 amide bonds. The molecule has 132 valence electrons. The van der Waals surface area contributed by atoms with Crippen molar-refractivity contribution in [2.45, 2.75) is 26.7 Å². The van der Waals surface area contributed by atoms with Gasteiger partial charge < -0.3 is 5.32 Å². The summed E-state index contributed by atoms with van der Waals surface area (Å²) in [6.45, 7) is 4.25. The highest BCUT2D eigenvalue weighted by Gasteiger charge is 2.27. The Balaban J connectivity index is 1.89. The second kappa shape index (κ2) is 6.88. The summed E-state index contributed by atoms with van der Waals surface area (Å²) in [5.41, 5.74) is 3.61. The van der Waals surface area contributed by atoms with Crippen LogP contribution in [0.15, 0.2) is 42.5 Å². The van der Waals surface area contributed by atoms with E-state index in [2.05, 4.69) is 5.32 Å². The van der Waals surface area contributed by atoms with Crippen LogP contribution >= 0.6 is 0 Å². The predicted molar refractivity (Wildman–Crippen MR) is 101 cm³/mol. The number of nitrogens with zero attached hydrogens (tertiary/aromatic N) is 1. The Morgan fingerprint density at radius 2 is 1.80 bits per heavy atom. The topological polar surface area (TPSA) is 66.5 Å². The van der Waals surface area contributed by atoms with Gasteiger partial charge in [0.25, 0.3) is 5.91 Å². The zero-order valence-corrected chi connectivity index (χ0v) is 15.3. The fourth-order valence-electron chi connectivity index (χ4n) is 3.04. The van der Waals surface area contributed by atoms with Crippen LogP contribution in [-0.4, -0.2) is 26.6 Å². The van der Waals surface area contributed by atoms with E-state index in [-0.39, 0.29) is 11.7 Å². The average Bonchev–Trinajstić information content (AvgIpc) is 2.57. The second-order valence-electron chi connectivity index (χ2n) is 6.37. The van der Waals surface area contributed by atoms with Crippen molar-refractivity contribution in [3.05, 3.63) is 59.2 Å². The first-order valence-electron chi connectivity index (χ1n) is 8.36. The fourth-order valence-corrected chi connectivity index (χ4v) is 4.73. The van der Waals surface area contributed by atoms with E-state index in [1.54, 1.807) is 18.2 Å². The summed E-state index contributed by atoms with van der Waals surface area (Å²) in [4.78, 5) is 12.5. The second-order valence-corrected chi connectivity index (χ2v) is 8.38. The quantitative estimate of drug-likeness (QED) is 0.913. The van der Waals surface area contributed by atoms with Crippen molar-refractivity contribution in [1.29, 1.82) is 0 Å². The number of hydrogen-bond acceptors (Lipinski definition) is 3. The Labute approximate surface area is 148 Å². The van der Waals surface area contributed by atoms with E-state index in [9.17, 15) is 13.2 Å². The summed E-state index contributed by atoms with van der Waals surface area (Å²) in [6.07, 6.45) is 1.54. The molecule has 0 saturated carbocycles. The number of carbonyl (C=O) groups excluding carboxylic acids is 1. The van der Waals surface area contributed by atoms with E-state index in [1.807, 2.05) is 38.1 Å². The summed E-state index contributed by atoms with van der Waals surface area (Å²) in [6, 6.07) is 12.7. The molecule has 0 aliphatic carbocycles. The monoisotopic (exact) mass is 358 g/mol. The number of aryl methyl sites for hydroxylation is 2. The van der Waals surface area contributed by atoms with Crippen LogP contribution in [0.2, 0.25) is 0 Å².